The predicted octanol–water partition coefficient (Wildman–Crippen LogP) is 3.45. The van der Waals surface area contributed by atoms with Gasteiger partial charge in [-0.05, 0) is 41.3 Å². The van der Waals surface area contributed by atoms with Gasteiger partial charge in [-0.3, -0.25) is 4.98 Å². The van der Waals surface area contributed by atoms with Crippen LogP contribution in [0.5, 0.6) is 0 Å². The van der Waals surface area contributed by atoms with Gasteiger partial charge in [0, 0.05) is 36.0 Å². The molecule has 0 fully saturated rings. The van der Waals surface area contributed by atoms with Gasteiger partial charge in [-0.15, -0.1) is 0 Å². The van der Waals surface area contributed by atoms with E-state index in [0.717, 1.165) is 6.42 Å². The molecule has 0 saturated carbocycles. The molecule has 2 heteroatoms. The van der Waals surface area contributed by atoms with Crippen LogP contribution in [-0.2, 0) is 13.5 Å². The largest absolute Gasteiger partial charge is 0.264 e. The van der Waals surface area contributed by atoms with Gasteiger partial charge >= 0.3 is 0 Å². The topological polar surface area (TPSA) is 16.8 Å². The maximum Gasteiger partial charge on any atom is 0.212 e. The number of rotatable bonds is 1. The quantitative estimate of drug-likeness (QED) is 0.485. The summed E-state index contributed by atoms with van der Waals surface area (Å²) < 4.78 is 2.23. The third kappa shape index (κ3) is 1.87. The zero-order valence-electron chi connectivity index (χ0n) is 12.3. The van der Waals surface area contributed by atoms with Crippen LogP contribution in [0, 0.1) is 6.92 Å². The molecule has 2 heterocycles. The molecule has 21 heavy (non-hydrogen) atoms. The van der Waals surface area contributed by atoms with Crippen molar-refractivity contribution >= 4 is 0 Å². The summed E-state index contributed by atoms with van der Waals surface area (Å²) in [4.78, 5) is 4.25. The van der Waals surface area contributed by atoms with Gasteiger partial charge in [0.15, 0.2) is 6.20 Å². The SMILES string of the molecule is Cc1ccccc1-c1cc2c(c[n+]1C)-c1ccncc1C2. The van der Waals surface area contributed by atoms with E-state index in [4.69, 9.17) is 0 Å². The van der Waals surface area contributed by atoms with Crippen LogP contribution in [0.15, 0.2) is 55.0 Å². The summed E-state index contributed by atoms with van der Waals surface area (Å²) in [6.45, 7) is 2.17. The lowest BCUT2D eigenvalue weighted by Crippen LogP contribution is -2.31. The molecule has 0 atom stereocenters. The standard InChI is InChI=1S/C19H17N2/c1-13-5-3-4-6-16(13)19-10-14-9-15-11-20-8-7-17(15)18(14)12-21(19)2/h3-8,10-12H,9H2,1-2H3/q+1. The van der Waals surface area contributed by atoms with Gasteiger partial charge in [0.1, 0.15) is 7.05 Å². The number of fused-ring (bicyclic) bond motifs is 3. The number of hydrogen-bond donors (Lipinski definition) is 0. The number of aromatic nitrogens is 2. The van der Waals surface area contributed by atoms with Gasteiger partial charge in [-0.1, -0.05) is 18.2 Å². The van der Waals surface area contributed by atoms with Gasteiger partial charge in [0.2, 0.25) is 5.69 Å². The molecule has 0 saturated heterocycles. The predicted molar refractivity (Wildman–Crippen MR) is 83.8 cm³/mol. The van der Waals surface area contributed by atoms with Crippen LogP contribution in [0.25, 0.3) is 22.4 Å². The first-order valence-corrected chi connectivity index (χ1v) is 7.26. The van der Waals surface area contributed by atoms with Crippen molar-refractivity contribution in [1.29, 1.82) is 0 Å². The van der Waals surface area contributed by atoms with Gasteiger partial charge in [0.05, 0.1) is 0 Å². The number of aryl methyl sites for hydroxylation is 2. The zero-order chi connectivity index (χ0) is 14.4. The van der Waals surface area contributed by atoms with E-state index in [9.17, 15) is 0 Å². The van der Waals surface area contributed by atoms with Gasteiger partial charge in [0.25, 0.3) is 0 Å². The molecule has 0 spiro atoms. The molecule has 1 aromatic carbocycles. The highest BCUT2D eigenvalue weighted by Crippen LogP contribution is 2.36. The van der Waals surface area contributed by atoms with E-state index in [1.54, 1.807) is 0 Å². The minimum atomic E-state index is 0.984. The fourth-order valence-corrected chi connectivity index (χ4v) is 3.24. The highest BCUT2D eigenvalue weighted by molar-refractivity contribution is 5.76. The Morgan fingerprint density at radius 2 is 1.86 bits per heavy atom. The maximum atomic E-state index is 4.25. The number of pyridine rings is 2. The van der Waals surface area contributed by atoms with Crippen molar-refractivity contribution in [3.63, 3.8) is 0 Å². The summed E-state index contributed by atoms with van der Waals surface area (Å²) in [6, 6.07) is 13.0. The average molecular weight is 273 g/mol. The van der Waals surface area contributed by atoms with E-state index in [1.807, 2.05) is 12.4 Å². The summed E-state index contributed by atoms with van der Waals surface area (Å²) in [5.41, 5.74) is 9.28. The zero-order valence-corrected chi connectivity index (χ0v) is 12.3. The average Bonchev–Trinajstić information content (AvgIpc) is 2.85. The summed E-state index contributed by atoms with van der Waals surface area (Å²) in [5.74, 6) is 0. The number of nitrogens with zero attached hydrogens (tertiary/aromatic N) is 2. The Bertz CT molecular complexity index is 850. The van der Waals surface area contributed by atoms with Crippen LogP contribution in [0.4, 0.5) is 0 Å². The Labute approximate surface area is 124 Å². The lowest BCUT2D eigenvalue weighted by atomic mass is 10.0. The van der Waals surface area contributed by atoms with Crippen LogP contribution in [-0.4, -0.2) is 4.98 Å². The maximum absolute atomic E-state index is 4.25. The van der Waals surface area contributed by atoms with Crippen LogP contribution < -0.4 is 4.57 Å². The van der Waals surface area contributed by atoms with Crippen molar-refractivity contribution in [2.24, 2.45) is 7.05 Å². The highest BCUT2D eigenvalue weighted by Gasteiger charge is 2.24. The summed E-state index contributed by atoms with van der Waals surface area (Å²) >= 11 is 0. The smallest absolute Gasteiger partial charge is 0.212 e. The molecule has 0 radical (unpaired) electrons. The van der Waals surface area contributed by atoms with Crippen molar-refractivity contribution < 1.29 is 4.57 Å². The Morgan fingerprint density at radius 1 is 1.00 bits per heavy atom. The van der Waals surface area contributed by atoms with E-state index in [-0.39, 0.29) is 0 Å². The molecule has 0 N–H and O–H groups in total. The molecule has 0 bridgehead atoms. The summed E-state index contributed by atoms with van der Waals surface area (Å²) in [6.07, 6.45) is 7.10. The van der Waals surface area contributed by atoms with Crippen molar-refractivity contribution in [2.75, 3.05) is 0 Å². The van der Waals surface area contributed by atoms with E-state index < -0.39 is 0 Å². The second-order valence-electron chi connectivity index (χ2n) is 5.73. The number of hydrogen-bond acceptors (Lipinski definition) is 1. The fourth-order valence-electron chi connectivity index (χ4n) is 3.24. The second kappa shape index (κ2) is 4.52. The minimum Gasteiger partial charge on any atom is -0.264 e. The van der Waals surface area contributed by atoms with Gasteiger partial charge in [-0.25, -0.2) is 4.57 Å². The van der Waals surface area contributed by atoms with Crippen LogP contribution in [0.3, 0.4) is 0 Å². The Kier molecular flexibility index (Phi) is 2.64. The van der Waals surface area contributed by atoms with E-state index in [1.165, 1.54) is 39.1 Å². The Hall–Kier alpha value is -2.48. The van der Waals surface area contributed by atoms with Crippen molar-refractivity contribution in [3.8, 4) is 22.4 Å². The van der Waals surface area contributed by atoms with Crippen molar-refractivity contribution in [2.45, 2.75) is 13.3 Å². The molecule has 0 amide bonds. The first kappa shape index (κ1) is 12.3. The molecular weight excluding hydrogens is 256 g/mol. The third-order valence-corrected chi connectivity index (χ3v) is 4.36. The molecule has 1 aliphatic carbocycles. The summed E-state index contributed by atoms with van der Waals surface area (Å²) in [7, 11) is 2.13. The fraction of sp³-hybridized carbons (Fsp3) is 0.158. The molecule has 0 unspecified atom stereocenters. The first-order chi connectivity index (χ1) is 10.2. The first-order valence-electron chi connectivity index (χ1n) is 7.26. The molecular formula is C19H17N2+. The lowest BCUT2D eigenvalue weighted by molar-refractivity contribution is -0.659. The Balaban J connectivity index is 1.92. The van der Waals surface area contributed by atoms with Crippen molar-refractivity contribution in [1.82, 2.24) is 4.98 Å². The normalized spacial score (nSPS) is 12.1. The molecule has 102 valence electrons. The highest BCUT2D eigenvalue weighted by atomic mass is 14.9. The number of benzene rings is 1. The molecule has 2 aromatic heterocycles. The van der Waals surface area contributed by atoms with Gasteiger partial charge in [-0.2, -0.15) is 0 Å². The molecule has 2 nitrogen and oxygen atoms in total. The molecule has 0 aliphatic heterocycles. The van der Waals surface area contributed by atoms with Crippen LogP contribution in [0.2, 0.25) is 0 Å². The second-order valence-corrected chi connectivity index (χ2v) is 5.73. The lowest BCUT2D eigenvalue weighted by Gasteiger charge is -2.06. The van der Waals surface area contributed by atoms with Crippen LogP contribution in [0.1, 0.15) is 16.7 Å². The van der Waals surface area contributed by atoms with Crippen molar-refractivity contribution in [3.05, 3.63) is 71.7 Å². The Morgan fingerprint density at radius 3 is 2.71 bits per heavy atom. The van der Waals surface area contributed by atoms with Gasteiger partial charge < -0.3 is 0 Å². The van der Waals surface area contributed by atoms with E-state index >= 15 is 0 Å². The van der Waals surface area contributed by atoms with Crippen LogP contribution >= 0.6 is 0 Å². The van der Waals surface area contributed by atoms with E-state index in [2.05, 4.69) is 66.1 Å². The summed E-state index contributed by atoms with van der Waals surface area (Å²) in [5, 5.41) is 0. The molecule has 3 aromatic rings. The molecule has 1 aliphatic rings. The monoisotopic (exact) mass is 273 g/mol. The third-order valence-electron chi connectivity index (χ3n) is 4.36. The minimum absolute atomic E-state index is 0.984. The van der Waals surface area contributed by atoms with E-state index in [0.29, 0.717) is 0 Å². The molecule has 4 rings (SSSR count).